The highest BCUT2D eigenvalue weighted by Crippen LogP contribution is 2.31. The monoisotopic (exact) mass is 627 g/mol. The van der Waals surface area contributed by atoms with Gasteiger partial charge in [0.15, 0.2) is 11.6 Å². The molecule has 0 unspecified atom stereocenters. The second-order valence-electron chi connectivity index (χ2n) is 12.2. The third-order valence-corrected chi connectivity index (χ3v) is 9.00. The Balaban J connectivity index is 1.45. The van der Waals surface area contributed by atoms with Crippen LogP contribution in [0.4, 0.5) is 0 Å². The van der Waals surface area contributed by atoms with Crippen LogP contribution in [0, 0.1) is 5.92 Å². The lowest BCUT2D eigenvalue weighted by molar-refractivity contribution is -0.141. The van der Waals surface area contributed by atoms with Crippen LogP contribution >= 0.6 is 11.3 Å². The van der Waals surface area contributed by atoms with Crippen LogP contribution in [0.3, 0.4) is 0 Å². The van der Waals surface area contributed by atoms with Crippen LogP contribution in [0.25, 0.3) is 22.5 Å². The number of carboxylic acids is 1. The Labute approximate surface area is 268 Å². The van der Waals surface area contributed by atoms with Crippen molar-refractivity contribution in [2.24, 2.45) is 5.92 Å². The molecule has 8 nitrogen and oxygen atoms in total. The average Bonchev–Trinajstić information content (AvgIpc) is 3.53. The maximum absolute atomic E-state index is 13.2. The van der Waals surface area contributed by atoms with Crippen molar-refractivity contribution < 1.29 is 24.2 Å². The van der Waals surface area contributed by atoms with Gasteiger partial charge in [-0.15, -0.1) is 11.3 Å². The molecule has 45 heavy (non-hydrogen) atoms. The van der Waals surface area contributed by atoms with Crippen molar-refractivity contribution in [2.75, 3.05) is 6.61 Å². The molecule has 0 radical (unpaired) electrons. The number of benzene rings is 2. The number of carbonyl (C=O) groups excluding carboxylic acids is 2. The molecule has 0 fully saturated rings. The molecular weight excluding hydrogens is 586 g/mol. The molecule has 0 aliphatic rings. The van der Waals surface area contributed by atoms with E-state index in [0.717, 1.165) is 45.7 Å². The van der Waals surface area contributed by atoms with Crippen LogP contribution in [0.5, 0.6) is 5.75 Å². The van der Waals surface area contributed by atoms with Crippen molar-refractivity contribution in [3.8, 4) is 28.3 Å². The van der Waals surface area contributed by atoms with Gasteiger partial charge < -0.3 is 15.2 Å². The van der Waals surface area contributed by atoms with Gasteiger partial charge in [-0.3, -0.25) is 14.4 Å². The van der Waals surface area contributed by atoms with Gasteiger partial charge in [0.2, 0.25) is 5.91 Å². The third-order valence-electron chi connectivity index (χ3n) is 7.45. The second-order valence-corrected chi connectivity index (χ2v) is 13.3. The standard InChI is InChI=1S/C36H41N3O5S/c1-6-7-18-44-29-14-12-25(13-15-29)28-21-37-33(38-22-28)26-10-8-24(9-11-26)19-27(34(41)39-23(2)35(42)43)20-30(40)31-16-17-32(45-31)36(3,4)5/h8-17,21-23,27H,6-7,18-20H2,1-5H3,(H,39,41)(H,42,43)/t23-,27-/m1/s1. The van der Waals surface area contributed by atoms with E-state index < -0.39 is 23.8 Å². The minimum Gasteiger partial charge on any atom is -0.494 e. The summed E-state index contributed by atoms with van der Waals surface area (Å²) in [5.41, 5.74) is 3.46. The van der Waals surface area contributed by atoms with Crippen molar-refractivity contribution in [1.29, 1.82) is 0 Å². The van der Waals surface area contributed by atoms with E-state index in [1.807, 2.05) is 54.6 Å². The number of thiophene rings is 1. The number of amides is 1. The summed E-state index contributed by atoms with van der Waals surface area (Å²) in [5.74, 6) is -1.06. The van der Waals surface area contributed by atoms with Crippen molar-refractivity contribution in [2.45, 2.75) is 71.8 Å². The van der Waals surface area contributed by atoms with Gasteiger partial charge in [-0.2, -0.15) is 0 Å². The zero-order valence-corrected chi connectivity index (χ0v) is 27.3. The van der Waals surface area contributed by atoms with Gasteiger partial charge in [-0.25, -0.2) is 9.97 Å². The first kappa shape index (κ1) is 33.5. The van der Waals surface area contributed by atoms with E-state index in [4.69, 9.17) is 4.74 Å². The first-order chi connectivity index (χ1) is 21.4. The number of rotatable bonds is 14. The smallest absolute Gasteiger partial charge is 0.325 e. The molecule has 0 bridgehead atoms. The van der Waals surface area contributed by atoms with E-state index in [2.05, 4.69) is 43.0 Å². The van der Waals surface area contributed by atoms with Crippen LogP contribution in [0.1, 0.15) is 74.0 Å². The predicted octanol–water partition coefficient (Wildman–Crippen LogP) is 7.37. The van der Waals surface area contributed by atoms with E-state index in [9.17, 15) is 19.5 Å². The van der Waals surface area contributed by atoms with E-state index in [1.165, 1.54) is 18.3 Å². The van der Waals surface area contributed by atoms with E-state index in [1.54, 1.807) is 18.5 Å². The number of aromatic nitrogens is 2. The molecular formula is C36H41N3O5S. The molecule has 2 heterocycles. The van der Waals surface area contributed by atoms with Gasteiger partial charge in [0.25, 0.3) is 0 Å². The molecule has 0 saturated carbocycles. The molecule has 9 heteroatoms. The molecule has 2 aromatic carbocycles. The lowest BCUT2D eigenvalue weighted by Crippen LogP contribution is -2.42. The Hall–Kier alpha value is -4.37. The van der Waals surface area contributed by atoms with Gasteiger partial charge in [0.05, 0.1) is 11.5 Å². The molecule has 2 N–H and O–H groups in total. The number of unbranched alkanes of at least 4 members (excludes halogenated alkanes) is 1. The summed E-state index contributed by atoms with van der Waals surface area (Å²) in [4.78, 5) is 48.6. The largest absolute Gasteiger partial charge is 0.494 e. The minimum atomic E-state index is -1.13. The zero-order valence-electron chi connectivity index (χ0n) is 26.5. The van der Waals surface area contributed by atoms with Gasteiger partial charge >= 0.3 is 5.97 Å². The van der Waals surface area contributed by atoms with Crippen LogP contribution < -0.4 is 10.1 Å². The average molecular weight is 628 g/mol. The maximum atomic E-state index is 13.2. The number of nitrogens with one attached hydrogen (secondary N) is 1. The van der Waals surface area contributed by atoms with E-state index in [-0.39, 0.29) is 24.0 Å². The Morgan fingerprint density at radius 2 is 1.56 bits per heavy atom. The predicted molar refractivity (Wildman–Crippen MR) is 178 cm³/mol. The number of ketones is 1. The number of carbonyl (C=O) groups is 3. The second kappa shape index (κ2) is 15.1. The van der Waals surface area contributed by atoms with Gasteiger partial charge in [-0.1, -0.05) is 70.5 Å². The first-order valence-electron chi connectivity index (χ1n) is 15.3. The number of ether oxygens (including phenoxy) is 1. The number of aliphatic carboxylic acids is 1. The summed E-state index contributed by atoms with van der Waals surface area (Å²) in [6, 6.07) is 18.1. The summed E-state index contributed by atoms with van der Waals surface area (Å²) >= 11 is 1.43. The Kier molecular flexibility index (Phi) is 11.2. The fourth-order valence-corrected chi connectivity index (χ4v) is 5.66. The molecule has 4 rings (SSSR count). The fourth-order valence-electron chi connectivity index (χ4n) is 4.64. The summed E-state index contributed by atoms with van der Waals surface area (Å²) in [7, 11) is 0. The topological polar surface area (TPSA) is 118 Å². The number of carboxylic acid groups (broad SMARTS) is 1. The highest BCUT2D eigenvalue weighted by atomic mass is 32.1. The van der Waals surface area contributed by atoms with Crippen LogP contribution in [0.15, 0.2) is 73.1 Å². The molecule has 4 aromatic rings. The molecule has 0 saturated heterocycles. The summed E-state index contributed by atoms with van der Waals surface area (Å²) in [6.07, 6.45) is 5.93. The number of nitrogens with zero attached hydrogens (tertiary/aromatic N) is 2. The molecule has 0 spiro atoms. The van der Waals surface area contributed by atoms with Crippen molar-refractivity contribution in [3.05, 3.63) is 88.4 Å². The quantitative estimate of drug-likeness (QED) is 0.111. The fraction of sp³-hybridized carbons (Fsp3) is 0.361. The summed E-state index contributed by atoms with van der Waals surface area (Å²) in [6.45, 7) is 10.5. The lowest BCUT2D eigenvalue weighted by Gasteiger charge is -2.18. The summed E-state index contributed by atoms with van der Waals surface area (Å²) < 4.78 is 5.74. The number of Topliss-reactive ketones (excluding diaryl/α,β-unsaturated/α-hetero) is 1. The third kappa shape index (κ3) is 9.31. The van der Waals surface area contributed by atoms with Crippen molar-refractivity contribution in [3.63, 3.8) is 0 Å². The van der Waals surface area contributed by atoms with Crippen molar-refractivity contribution >= 4 is 29.0 Å². The minimum absolute atomic E-state index is 0.0273. The molecule has 1 amide bonds. The Bertz CT molecular complexity index is 1590. The number of hydrogen-bond donors (Lipinski definition) is 2. The van der Waals surface area contributed by atoms with Crippen LogP contribution in [0.2, 0.25) is 0 Å². The Morgan fingerprint density at radius 3 is 2.13 bits per heavy atom. The highest BCUT2D eigenvalue weighted by Gasteiger charge is 2.27. The van der Waals surface area contributed by atoms with Crippen LogP contribution in [-0.2, 0) is 21.4 Å². The van der Waals surface area contributed by atoms with E-state index >= 15 is 0 Å². The van der Waals surface area contributed by atoms with Crippen molar-refractivity contribution in [1.82, 2.24) is 15.3 Å². The molecule has 2 aromatic heterocycles. The molecule has 236 valence electrons. The van der Waals surface area contributed by atoms with Gasteiger partial charge in [0.1, 0.15) is 11.8 Å². The van der Waals surface area contributed by atoms with E-state index in [0.29, 0.717) is 17.3 Å². The highest BCUT2D eigenvalue weighted by molar-refractivity contribution is 7.14. The first-order valence-corrected chi connectivity index (χ1v) is 16.1. The maximum Gasteiger partial charge on any atom is 0.325 e. The number of hydrogen-bond acceptors (Lipinski definition) is 7. The molecule has 0 aliphatic carbocycles. The molecule has 2 atom stereocenters. The van der Waals surface area contributed by atoms with Gasteiger partial charge in [-0.05, 0) is 60.6 Å². The zero-order chi connectivity index (χ0) is 32.6. The normalized spacial score (nSPS) is 12.7. The van der Waals surface area contributed by atoms with Gasteiger partial charge in [0, 0.05) is 40.7 Å². The Morgan fingerprint density at radius 1 is 0.911 bits per heavy atom. The lowest BCUT2D eigenvalue weighted by atomic mass is 9.92. The van der Waals surface area contributed by atoms with Crippen LogP contribution in [-0.4, -0.2) is 45.4 Å². The summed E-state index contributed by atoms with van der Waals surface area (Å²) in [5, 5.41) is 11.9. The molecule has 0 aliphatic heterocycles. The SMILES string of the molecule is CCCCOc1ccc(-c2cnc(-c3ccc(C[C@H](CC(=O)c4ccc(C(C)(C)C)s4)C(=O)N[C@H](C)C(=O)O)cc3)nc2)cc1.